The van der Waals surface area contributed by atoms with Gasteiger partial charge in [-0.15, -0.1) is 11.3 Å². The molecular formula is C15H21BrClNO2S. The molecule has 3 unspecified atom stereocenters. The number of halogens is 2. The Bertz CT molecular complexity index is 512. The van der Waals surface area contributed by atoms with Gasteiger partial charge in [0.1, 0.15) is 4.34 Å². The fourth-order valence-corrected chi connectivity index (χ4v) is 4.98. The first-order valence-corrected chi connectivity index (χ1v) is 9.12. The fourth-order valence-electron chi connectivity index (χ4n) is 3.23. The first-order chi connectivity index (χ1) is 9.73. The van der Waals surface area contributed by atoms with Gasteiger partial charge in [0.2, 0.25) is 0 Å². The fraction of sp³-hybridized carbons (Fsp3) is 0.667. The summed E-state index contributed by atoms with van der Waals surface area (Å²) in [5.74, 6) is -0.610. The van der Waals surface area contributed by atoms with Gasteiger partial charge in [0, 0.05) is 21.9 Å². The normalized spacial score (nSPS) is 28.5. The average molecular weight is 395 g/mol. The van der Waals surface area contributed by atoms with Gasteiger partial charge >= 0.3 is 5.97 Å². The molecule has 1 aliphatic rings. The molecule has 3 nitrogen and oxygen atoms in total. The van der Waals surface area contributed by atoms with Crippen molar-refractivity contribution >= 4 is 44.8 Å². The third-order valence-electron chi connectivity index (χ3n) is 4.97. The van der Waals surface area contributed by atoms with Crippen LogP contribution in [0.5, 0.6) is 0 Å². The standard InChI is InChI=1S/C15H21BrClNO2S/c1-8-12(5-4-10(14(19)20)15(8,2)3)18-7-9-6-11(16)13(17)21-9/h6,8,10,12,18H,4-5,7H2,1-3H3,(H,19,20). The quantitative estimate of drug-likeness (QED) is 0.772. The molecule has 0 aliphatic heterocycles. The van der Waals surface area contributed by atoms with Crippen LogP contribution < -0.4 is 5.32 Å². The Balaban J connectivity index is 2.00. The van der Waals surface area contributed by atoms with E-state index in [0.717, 1.165) is 28.2 Å². The summed E-state index contributed by atoms with van der Waals surface area (Å²) in [6.07, 6.45) is 1.64. The maximum absolute atomic E-state index is 11.4. The number of carboxylic acids is 1. The van der Waals surface area contributed by atoms with Crippen LogP contribution in [0.15, 0.2) is 10.5 Å². The molecule has 1 fully saturated rings. The number of hydrogen-bond donors (Lipinski definition) is 2. The Kier molecular flexibility index (Phi) is 5.40. The van der Waals surface area contributed by atoms with Crippen molar-refractivity contribution in [1.29, 1.82) is 0 Å². The van der Waals surface area contributed by atoms with Crippen molar-refractivity contribution in [3.8, 4) is 0 Å². The van der Waals surface area contributed by atoms with Gasteiger partial charge in [0.25, 0.3) is 0 Å². The van der Waals surface area contributed by atoms with Crippen LogP contribution in [0.4, 0.5) is 0 Å². The minimum Gasteiger partial charge on any atom is -0.481 e. The molecule has 21 heavy (non-hydrogen) atoms. The highest BCUT2D eigenvalue weighted by atomic mass is 79.9. The van der Waals surface area contributed by atoms with Crippen LogP contribution in [0.1, 0.15) is 38.5 Å². The summed E-state index contributed by atoms with van der Waals surface area (Å²) in [5.41, 5.74) is -0.199. The summed E-state index contributed by atoms with van der Waals surface area (Å²) >= 11 is 11.1. The van der Waals surface area contributed by atoms with Crippen LogP contribution in [0, 0.1) is 17.3 Å². The van der Waals surface area contributed by atoms with Crippen molar-refractivity contribution < 1.29 is 9.90 Å². The zero-order valence-electron chi connectivity index (χ0n) is 12.5. The number of rotatable bonds is 4. The molecule has 118 valence electrons. The van der Waals surface area contributed by atoms with Gasteiger partial charge in [-0.25, -0.2) is 0 Å². The van der Waals surface area contributed by atoms with E-state index in [-0.39, 0.29) is 11.3 Å². The molecule has 1 aromatic rings. The van der Waals surface area contributed by atoms with E-state index < -0.39 is 5.97 Å². The summed E-state index contributed by atoms with van der Waals surface area (Å²) in [6, 6.07) is 2.38. The first-order valence-electron chi connectivity index (χ1n) is 7.13. The number of aliphatic carboxylic acids is 1. The van der Waals surface area contributed by atoms with Crippen molar-refractivity contribution in [2.24, 2.45) is 17.3 Å². The monoisotopic (exact) mass is 393 g/mol. The van der Waals surface area contributed by atoms with E-state index in [1.165, 1.54) is 4.88 Å². The maximum Gasteiger partial charge on any atom is 0.307 e. The van der Waals surface area contributed by atoms with Crippen molar-refractivity contribution in [3.05, 3.63) is 19.8 Å². The number of nitrogens with one attached hydrogen (secondary N) is 1. The highest BCUT2D eigenvalue weighted by Crippen LogP contribution is 2.45. The average Bonchev–Trinajstić information content (AvgIpc) is 2.70. The molecule has 0 aromatic carbocycles. The van der Waals surface area contributed by atoms with Crippen molar-refractivity contribution in [1.82, 2.24) is 5.32 Å². The molecule has 0 bridgehead atoms. The van der Waals surface area contributed by atoms with Gasteiger partial charge in [-0.05, 0) is 46.2 Å². The Morgan fingerprint density at radius 3 is 2.76 bits per heavy atom. The number of thiophene rings is 1. The molecule has 0 spiro atoms. The SMILES string of the molecule is CC1C(NCc2cc(Br)c(Cl)s2)CCC(C(=O)O)C1(C)C. The third-order valence-corrected chi connectivity index (χ3v) is 7.45. The highest BCUT2D eigenvalue weighted by molar-refractivity contribution is 9.10. The molecule has 6 heteroatoms. The second kappa shape index (κ2) is 6.57. The summed E-state index contributed by atoms with van der Waals surface area (Å²) in [5, 5.41) is 13.0. The molecule has 0 amide bonds. The maximum atomic E-state index is 11.4. The lowest BCUT2D eigenvalue weighted by Gasteiger charge is -2.46. The van der Waals surface area contributed by atoms with Crippen LogP contribution in [0.3, 0.4) is 0 Å². The molecule has 0 saturated heterocycles. The number of carbonyl (C=O) groups is 1. The molecular weight excluding hydrogens is 374 g/mol. The van der Waals surface area contributed by atoms with Gasteiger partial charge in [-0.3, -0.25) is 4.79 Å². The van der Waals surface area contributed by atoms with E-state index in [2.05, 4.69) is 42.0 Å². The van der Waals surface area contributed by atoms with E-state index in [1.807, 2.05) is 6.07 Å². The van der Waals surface area contributed by atoms with Crippen LogP contribution >= 0.6 is 38.9 Å². The molecule has 3 atom stereocenters. The lowest BCUT2D eigenvalue weighted by molar-refractivity contribution is -0.150. The Hall–Kier alpha value is -0.100. The predicted octanol–water partition coefficient (Wildman–Crippen LogP) is 4.78. The minimum atomic E-state index is -0.667. The lowest BCUT2D eigenvalue weighted by Crippen LogP contribution is -2.50. The molecule has 1 aromatic heterocycles. The topological polar surface area (TPSA) is 49.3 Å². The van der Waals surface area contributed by atoms with Crippen LogP contribution in [-0.4, -0.2) is 17.1 Å². The van der Waals surface area contributed by atoms with E-state index in [1.54, 1.807) is 11.3 Å². The first kappa shape index (κ1) is 17.3. The van der Waals surface area contributed by atoms with E-state index in [0.29, 0.717) is 12.0 Å². The molecule has 2 rings (SSSR count). The van der Waals surface area contributed by atoms with Gasteiger partial charge in [-0.2, -0.15) is 0 Å². The number of hydrogen-bond acceptors (Lipinski definition) is 3. The van der Waals surface area contributed by atoms with Crippen LogP contribution in [0.2, 0.25) is 4.34 Å². The lowest BCUT2D eigenvalue weighted by atomic mass is 9.61. The van der Waals surface area contributed by atoms with Gasteiger partial charge in [0.15, 0.2) is 0 Å². The summed E-state index contributed by atoms with van der Waals surface area (Å²) < 4.78 is 1.71. The minimum absolute atomic E-state index is 0.199. The summed E-state index contributed by atoms with van der Waals surface area (Å²) in [4.78, 5) is 12.6. The van der Waals surface area contributed by atoms with Crippen LogP contribution in [-0.2, 0) is 11.3 Å². The zero-order valence-corrected chi connectivity index (χ0v) is 15.6. The smallest absolute Gasteiger partial charge is 0.307 e. The second-order valence-corrected chi connectivity index (χ2v) is 8.99. The summed E-state index contributed by atoms with van der Waals surface area (Å²) in [6.45, 7) is 7.08. The molecule has 1 aliphatic carbocycles. The molecule has 2 N–H and O–H groups in total. The molecule has 1 saturated carbocycles. The number of carboxylic acid groups (broad SMARTS) is 1. The van der Waals surface area contributed by atoms with Crippen molar-refractivity contribution in [3.63, 3.8) is 0 Å². The van der Waals surface area contributed by atoms with E-state index in [9.17, 15) is 9.90 Å². The molecule has 1 heterocycles. The van der Waals surface area contributed by atoms with Gasteiger partial charge < -0.3 is 10.4 Å². The van der Waals surface area contributed by atoms with E-state index >= 15 is 0 Å². The van der Waals surface area contributed by atoms with Crippen LogP contribution in [0.25, 0.3) is 0 Å². The van der Waals surface area contributed by atoms with Crippen molar-refractivity contribution in [2.45, 2.75) is 46.2 Å². The largest absolute Gasteiger partial charge is 0.481 e. The predicted molar refractivity (Wildman–Crippen MR) is 91.0 cm³/mol. The van der Waals surface area contributed by atoms with Gasteiger partial charge in [0.05, 0.1) is 5.92 Å². The summed E-state index contributed by atoms with van der Waals surface area (Å²) in [7, 11) is 0. The zero-order chi connectivity index (χ0) is 15.8. The Morgan fingerprint density at radius 2 is 2.24 bits per heavy atom. The second-order valence-electron chi connectivity index (χ2n) is 6.40. The van der Waals surface area contributed by atoms with E-state index in [4.69, 9.17) is 11.6 Å². The Morgan fingerprint density at radius 1 is 1.57 bits per heavy atom. The Labute approximate surface area is 143 Å². The van der Waals surface area contributed by atoms with Gasteiger partial charge in [-0.1, -0.05) is 32.4 Å². The van der Waals surface area contributed by atoms with Crippen molar-refractivity contribution in [2.75, 3.05) is 0 Å². The third kappa shape index (κ3) is 3.63. The molecule has 0 radical (unpaired) electrons. The highest BCUT2D eigenvalue weighted by Gasteiger charge is 2.45.